The second kappa shape index (κ2) is 11.8. The van der Waals surface area contributed by atoms with E-state index in [-0.39, 0.29) is 11.9 Å². The molecule has 0 atom stereocenters. The van der Waals surface area contributed by atoms with Gasteiger partial charge in [0, 0.05) is 67.5 Å². The first-order valence-electron chi connectivity index (χ1n) is 15.0. The molecule has 7 rings (SSSR count). The number of amides is 1. The minimum atomic E-state index is -0.0189. The highest BCUT2D eigenvalue weighted by Gasteiger charge is 2.27. The molecule has 0 bridgehead atoms. The number of hydrogen-bond acceptors (Lipinski definition) is 8. The van der Waals surface area contributed by atoms with E-state index in [1.165, 1.54) is 0 Å². The van der Waals surface area contributed by atoms with Crippen LogP contribution in [0, 0.1) is 11.8 Å². The predicted molar refractivity (Wildman–Crippen MR) is 173 cm³/mol. The van der Waals surface area contributed by atoms with Crippen molar-refractivity contribution in [2.24, 2.45) is 0 Å². The summed E-state index contributed by atoms with van der Waals surface area (Å²) in [6.07, 6.45) is 8.22. The largest absolute Gasteiger partial charge is 0.438 e. The van der Waals surface area contributed by atoms with Crippen molar-refractivity contribution in [1.29, 1.82) is 0 Å². The molecular weight excluding hydrogens is 572 g/mol. The van der Waals surface area contributed by atoms with Crippen LogP contribution in [0.5, 0.6) is 5.75 Å². The fraction of sp³-hybridized carbons (Fsp3) is 0.324. The molecule has 0 radical (unpaired) electrons. The molecule has 1 amide bonds. The lowest BCUT2D eigenvalue weighted by molar-refractivity contribution is 0.0347. The molecule has 1 saturated carbocycles. The van der Waals surface area contributed by atoms with E-state index in [9.17, 15) is 4.79 Å². The number of allylic oxidation sites excluding steroid dienone is 2. The SMILES string of the molecule is C=C1C=C(N2CCOCC2)Oc2c(C#Cc3ccc(Nc4ncc5cc(C(=O)N(C)C)n(C6CCCC6)c5n4)cc3)csc21. The van der Waals surface area contributed by atoms with Gasteiger partial charge in [0.05, 0.1) is 23.7 Å². The van der Waals surface area contributed by atoms with Crippen LogP contribution in [0.15, 0.2) is 60.4 Å². The molecule has 2 fully saturated rings. The highest BCUT2D eigenvalue weighted by Crippen LogP contribution is 2.41. The number of nitrogens with one attached hydrogen (secondary N) is 1. The Bertz CT molecular complexity index is 1830. The molecule has 1 N–H and O–H groups in total. The molecule has 3 aliphatic rings. The van der Waals surface area contributed by atoms with Gasteiger partial charge in [-0.05, 0) is 48.7 Å². The summed E-state index contributed by atoms with van der Waals surface area (Å²) in [5.74, 6) is 8.63. The molecule has 1 aromatic carbocycles. The second-order valence-electron chi connectivity index (χ2n) is 11.5. The zero-order valence-corrected chi connectivity index (χ0v) is 25.7. The van der Waals surface area contributed by atoms with Crippen molar-refractivity contribution in [2.75, 3.05) is 45.7 Å². The lowest BCUT2D eigenvalue weighted by atomic mass is 10.1. The predicted octanol–water partition coefficient (Wildman–Crippen LogP) is 6.03. The molecule has 3 aromatic heterocycles. The first-order chi connectivity index (χ1) is 21.4. The maximum Gasteiger partial charge on any atom is 0.270 e. The van der Waals surface area contributed by atoms with Crippen LogP contribution >= 0.6 is 11.3 Å². The molecule has 4 aromatic rings. The van der Waals surface area contributed by atoms with E-state index >= 15 is 0 Å². The Kier molecular flexibility index (Phi) is 7.58. The number of carbonyl (C=O) groups excluding carboxylic acids is 1. The van der Waals surface area contributed by atoms with E-state index in [4.69, 9.17) is 14.5 Å². The zero-order valence-electron chi connectivity index (χ0n) is 24.9. The summed E-state index contributed by atoms with van der Waals surface area (Å²) < 4.78 is 13.9. The van der Waals surface area contributed by atoms with Crippen molar-refractivity contribution >= 4 is 45.5 Å². The molecule has 1 aliphatic carbocycles. The molecule has 9 nitrogen and oxygen atoms in total. The lowest BCUT2D eigenvalue weighted by Crippen LogP contribution is -2.37. The summed E-state index contributed by atoms with van der Waals surface area (Å²) in [7, 11) is 3.56. The molecule has 10 heteroatoms. The van der Waals surface area contributed by atoms with Gasteiger partial charge in [0.15, 0.2) is 11.6 Å². The number of nitrogens with zero attached hydrogens (tertiary/aromatic N) is 5. The first-order valence-corrected chi connectivity index (χ1v) is 15.8. The van der Waals surface area contributed by atoms with Crippen LogP contribution in [-0.4, -0.2) is 70.6 Å². The minimum Gasteiger partial charge on any atom is -0.438 e. The van der Waals surface area contributed by atoms with Gasteiger partial charge in [-0.15, -0.1) is 11.3 Å². The Morgan fingerprint density at radius 2 is 1.91 bits per heavy atom. The number of ether oxygens (including phenoxy) is 2. The number of rotatable bonds is 5. The number of aromatic nitrogens is 3. The average Bonchev–Trinajstić information content (AvgIpc) is 3.79. The van der Waals surface area contributed by atoms with Crippen LogP contribution in [0.25, 0.3) is 16.6 Å². The Labute approximate surface area is 260 Å². The summed E-state index contributed by atoms with van der Waals surface area (Å²) >= 11 is 1.60. The van der Waals surface area contributed by atoms with Crippen LogP contribution < -0.4 is 10.1 Å². The van der Waals surface area contributed by atoms with Crippen molar-refractivity contribution in [2.45, 2.75) is 31.7 Å². The summed E-state index contributed by atoms with van der Waals surface area (Å²) in [4.78, 5) is 27.2. The van der Waals surface area contributed by atoms with E-state index < -0.39 is 0 Å². The van der Waals surface area contributed by atoms with Crippen LogP contribution in [0.1, 0.15) is 58.2 Å². The van der Waals surface area contributed by atoms with Gasteiger partial charge in [0.1, 0.15) is 11.3 Å². The molecule has 5 heterocycles. The highest BCUT2D eigenvalue weighted by atomic mass is 32.1. The summed E-state index contributed by atoms with van der Waals surface area (Å²) in [6.45, 7) is 7.21. The standard InChI is InChI=1S/C34H34N6O3S/c1-22-18-29(39-14-16-42-17-15-39)43-30-24(21-44-31(22)30)11-8-23-9-12-26(13-10-23)36-34-35-20-25-19-28(33(41)38(2)3)40(32(25)37-34)27-6-4-5-7-27/h9-10,12-13,18-21,27H,1,4-7,14-17H2,2-3H3,(H,35,36,37). The van der Waals surface area contributed by atoms with Gasteiger partial charge in [-0.3, -0.25) is 4.79 Å². The van der Waals surface area contributed by atoms with Gasteiger partial charge < -0.3 is 29.2 Å². The highest BCUT2D eigenvalue weighted by molar-refractivity contribution is 7.11. The Balaban J connectivity index is 1.09. The smallest absolute Gasteiger partial charge is 0.270 e. The fourth-order valence-electron chi connectivity index (χ4n) is 5.94. The second-order valence-corrected chi connectivity index (χ2v) is 12.4. The minimum absolute atomic E-state index is 0.0189. The lowest BCUT2D eigenvalue weighted by Gasteiger charge is -2.32. The third kappa shape index (κ3) is 5.45. The van der Waals surface area contributed by atoms with E-state index in [0.29, 0.717) is 24.9 Å². The molecule has 44 heavy (non-hydrogen) atoms. The normalized spacial score (nSPS) is 16.6. The van der Waals surface area contributed by atoms with Crippen LogP contribution in [-0.2, 0) is 4.74 Å². The molecule has 1 saturated heterocycles. The van der Waals surface area contributed by atoms with Gasteiger partial charge in [0.25, 0.3) is 5.91 Å². The van der Waals surface area contributed by atoms with Crippen molar-refractivity contribution < 1.29 is 14.3 Å². The van der Waals surface area contributed by atoms with E-state index in [1.54, 1.807) is 36.5 Å². The first kappa shape index (κ1) is 28.2. The average molecular weight is 607 g/mol. The van der Waals surface area contributed by atoms with E-state index in [0.717, 1.165) is 88.7 Å². The number of carbonyl (C=O) groups is 1. The molecule has 0 spiro atoms. The van der Waals surface area contributed by atoms with Crippen LogP contribution in [0.3, 0.4) is 0 Å². The zero-order chi connectivity index (χ0) is 30.2. The van der Waals surface area contributed by atoms with Crippen LogP contribution in [0.4, 0.5) is 11.6 Å². The van der Waals surface area contributed by atoms with Crippen molar-refractivity contribution in [1.82, 2.24) is 24.3 Å². The Hall–Kier alpha value is -4.59. The maximum absolute atomic E-state index is 13.0. The molecular formula is C34H34N6O3S. The van der Waals surface area contributed by atoms with Gasteiger partial charge in [-0.2, -0.15) is 4.98 Å². The van der Waals surface area contributed by atoms with Crippen LogP contribution in [0.2, 0.25) is 0 Å². The van der Waals surface area contributed by atoms with E-state index in [2.05, 4.69) is 38.2 Å². The Morgan fingerprint density at radius 1 is 1.14 bits per heavy atom. The molecule has 0 unspecified atom stereocenters. The fourth-order valence-corrected chi connectivity index (χ4v) is 6.81. The summed E-state index contributed by atoms with van der Waals surface area (Å²) in [6, 6.07) is 10.1. The topological polar surface area (TPSA) is 84.8 Å². The number of fused-ring (bicyclic) bond motifs is 2. The monoisotopic (exact) mass is 606 g/mol. The van der Waals surface area contributed by atoms with Gasteiger partial charge in [-0.1, -0.05) is 31.3 Å². The quantitative estimate of drug-likeness (QED) is 0.278. The van der Waals surface area contributed by atoms with Gasteiger partial charge in [-0.25, -0.2) is 4.98 Å². The van der Waals surface area contributed by atoms with Gasteiger partial charge >= 0.3 is 0 Å². The number of thiophene rings is 1. The van der Waals surface area contributed by atoms with Crippen molar-refractivity contribution in [3.05, 3.63) is 82.1 Å². The summed E-state index contributed by atoms with van der Waals surface area (Å²) in [5.41, 5.74) is 4.99. The number of morpholine rings is 1. The number of anilines is 2. The van der Waals surface area contributed by atoms with Crippen molar-refractivity contribution in [3.63, 3.8) is 0 Å². The Morgan fingerprint density at radius 3 is 2.66 bits per heavy atom. The third-order valence-electron chi connectivity index (χ3n) is 8.24. The third-order valence-corrected chi connectivity index (χ3v) is 9.27. The van der Waals surface area contributed by atoms with Gasteiger partial charge in [0.2, 0.25) is 5.95 Å². The maximum atomic E-state index is 13.0. The number of benzene rings is 1. The molecule has 2 aliphatic heterocycles. The molecule has 224 valence electrons. The summed E-state index contributed by atoms with van der Waals surface area (Å²) in [5, 5.41) is 6.23. The van der Waals surface area contributed by atoms with Crippen molar-refractivity contribution in [3.8, 4) is 17.6 Å². The van der Waals surface area contributed by atoms with E-state index in [1.807, 2.05) is 41.8 Å². The number of hydrogen-bond donors (Lipinski definition) is 1.